The first kappa shape index (κ1) is 14.9. The van der Waals surface area contributed by atoms with Gasteiger partial charge in [0.05, 0.1) is 0 Å². The molecule has 0 amide bonds. The van der Waals surface area contributed by atoms with Crippen LogP contribution in [0.4, 0.5) is 0 Å². The van der Waals surface area contributed by atoms with Crippen molar-refractivity contribution in [3.63, 3.8) is 0 Å². The van der Waals surface area contributed by atoms with Gasteiger partial charge in [0.15, 0.2) is 0 Å². The molecule has 0 saturated carbocycles. The van der Waals surface area contributed by atoms with Gasteiger partial charge >= 0.3 is 0 Å². The first-order valence-corrected chi connectivity index (χ1v) is 7.41. The zero-order chi connectivity index (χ0) is 14.8. The van der Waals surface area contributed by atoms with Crippen LogP contribution in [0.15, 0.2) is 23.1 Å². The van der Waals surface area contributed by atoms with Crippen LogP contribution in [0, 0.1) is 0 Å². The molecule has 0 fully saturated rings. The van der Waals surface area contributed by atoms with Gasteiger partial charge in [-0.05, 0) is 26.8 Å². The molecule has 1 N–H and O–H groups in total. The van der Waals surface area contributed by atoms with Gasteiger partial charge in [-0.25, -0.2) is 0 Å². The van der Waals surface area contributed by atoms with Crippen LogP contribution in [0.5, 0.6) is 0 Å². The van der Waals surface area contributed by atoms with Crippen molar-refractivity contribution in [2.45, 2.75) is 32.7 Å². The maximum absolute atomic E-state index is 11.6. The van der Waals surface area contributed by atoms with Gasteiger partial charge in [0.25, 0.3) is 5.56 Å². The number of aryl methyl sites for hydroxylation is 1. The van der Waals surface area contributed by atoms with E-state index in [9.17, 15) is 4.79 Å². The number of rotatable bonds is 4. The van der Waals surface area contributed by atoms with E-state index in [4.69, 9.17) is 0 Å². The molecule has 0 radical (unpaired) electrons. The van der Waals surface area contributed by atoms with Gasteiger partial charge in [-0.1, -0.05) is 11.3 Å². The largest absolute Gasteiger partial charge is 0.319 e. The van der Waals surface area contributed by atoms with E-state index in [1.54, 1.807) is 35.2 Å². The monoisotopic (exact) mass is 292 g/mol. The maximum atomic E-state index is 11.6. The zero-order valence-electron chi connectivity index (χ0n) is 12.3. The van der Waals surface area contributed by atoms with E-state index in [2.05, 4.69) is 36.3 Å². The van der Waals surface area contributed by atoms with Crippen molar-refractivity contribution >= 4 is 11.3 Å². The van der Waals surface area contributed by atoms with E-state index in [0.29, 0.717) is 0 Å². The molecule has 0 unspecified atom stereocenters. The third-order valence-corrected chi connectivity index (χ3v) is 3.84. The molecule has 0 spiro atoms. The highest BCUT2D eigenvalue weighted by Crippen LogP contribution is 2.22. The van der Waals surface area contributed by atoms with Crippen molar-refractivity contribution in [3.05, 3.63) is 33.7 Å². The molecule has 0 aliphatic carbocycles. The Kier molecular flexibility index (Phi) is 4.35. The molecule has 2 aromatic rings. The van der Waals surface area contributed by atoms with Gasteiger partial charge in [0.2, 0.25) is 0 Å². The van der Waals surface area contributed by atoms with Crippen LogP contribution >= 0.6 is 11.3 Å². The maximum Gasteiger partial charge on any atom is 0.250 e. The third-order valence-electron chi connectivity index (χ3n) is 2.81. The highest BCUT2D eigenvalue weighted by atomic mass is 32.1. The Morgan fingerprint density at radius 1 is 1.35 bits per heavy atom. The molecule has 2 rings (SSSR count). The number of nitrogens with zero attached hydrogens (tertiary/aromatic N) is 3. The second kappa shape index (κ2) is 5.85. The molecule has 2 heterocycles. The standard InChI is InChI=1S/C14H20N4OS/c1-14(2,3)15-7-5-11-16-17-13(20-11)10-6-8-18(4)12(19)9-10/h6,8-9,15H,5,7H2,1-4H3. The number of aromatic nitrogens is 3. The minimum absolute atomic E-state index is 0.0337. The van der Waals surface area contributed by atoms with Gasteiger partial charge in [-0.2, -0.15) is 0 Å². The SMILES string of the molecule is Cn1ccc(-c2nnc(CCNC(C)(C)C)s2)cc1=O. The normalized spacial score (nSPS) is 11.8. The summed E-state index contributed by atoms with van der Waals surface area (Å²) in [5.41, 5.74) is 0.911. The Balaban J connectivity index is 2.05. The molecule has 0 atom stereocenters. The fraction of sp³-hybridized carbons (Fsp3) is 0.500. The van der Waals surface area contributed by atoms with Gasteiger partial charge in [0.1, 0.15) is 10.0 Å². The summed E-state index contributed by atoms with van der Waals surface area (Å²) in [7, 11) is 1.73. The summed E-state index contributed by atoms with van der Waals surface area (Å²) in [5.74, 6) is 0. The summed E-state index contributed by atoms with van der Waals surface area (Å²) in [6, 6.07) is 3.48. The van der Waals surface area contributed by atoms with Crippen molar-refractivity contribution in [2.75, 3.05) is 6.54 Å². The van der Waals surface area contributed by atoms with Crippen LogP contribution < -0.4 is 10.9 Å². The quantitative estimate of drug-likeness (QED) is 0.934. The first-order valence-electron chi connectivity index (χ1n) is 6.60. The second-order valence-electron chi connectivity index (χ2n) is 5.79. The third kappa shape index (κ3) is 3.98. The topological polar surface area (TPSA) is 59.8 Å². The minimum atomic E-state index is -0.0337. The number of hydrogen-bond donors (Lipinski definition) is 1. The predicted octanol–water partition coefficient (Wildman–Crippen LogP) is 1.83. The van der Waals surface area contributed by atoms with Gasteiger partial charge in [0, 0.05) is 43.4 Å². The lowest BCUT2D eigenvalue weighted by Gasteiger charge is -2.19. The summed E-state index contributed by atoms with van der Waals surface area (Å²) in [6.07, 6.45) is 2.60. The van der Waals surface area contributed by atoms with E-state index in [1.807, 2.05) is 6.07 Å². The fourth-order valence-corrected chi connectivity index (χ4v) is 2.53. The van der Waals surface area contributed by atoms with E-state index in [1.165, 1.54) is 0 Å². The number of nitrogens with one attached hydrogen (secondary N) is 1. The Hall–Kier alpha value is -1.53. The molecule has 108 valence electrons. The van der Waals surface area contributed by atoms with Crippen LogP contribution in [0.3, 0.4) is 0 Å². The highest BCUT2D eigenvalue weighted by Gasteiger charge is 2.10. The van der Waals surface area contributed by atoms with Gasteiger partial charge in [-0.15, -0.1) is 10.2 Å². The molecule has 20 heavy (non-hydrogen) atoms. The molecule has 0 saturated heterocycles. The second-order valence-corrected chi connectivity index (χ2v) is 6.85. The van der Waals surface area contributed by atoms with Crippen molar-refractivity contribution in [2.24, 2.45) is 7.05 Å². The first-order chi connectivity index (χ1) is 9.35. The predicted molar refractivity (Wildman–Crippen MR) is 82.0 cm³/mol. The summed E-state index contributed by atoms with van der Waals surface area (Å²) < 4.78 is 1.54. The van der Waals surface area contributed by atoms with Crippen LogP contribution in [-0.2, 0) is 13.5 Å². The van der Waals surface area contributed by atoms with E-state index >= 15 is 0 Å². The van der Waals surface area contributed by atoms with Crippen LogP contribution in [0.2, 0.25) is 0 Å². The zero-order valence-corrected chi connectivity index (χ0v) is 13.1. The van der Waals surface area contributed by atoms with Gasteiger partial charge in [-0.3, -0.25) is 4.79 Å². The van der Waals surface area contributed by atoms with Crippen molar-refractivity contribution in [1.29, 1.82) is 0 Å². The summed E-state index contributed by atoms with van der Waals surface area (Å²) in [5, 5.41) is 13.6. The van der Waals surface area contributed by atoms with Crippen molar-refractivity contribution in [1.82, 2.24) is 20.1 Å². The van der Waals surface area contributed by atoms with Crippen LogP contribution in [0.25, 0.3) is 10.6 Å². The van der Waals surface area contributed by atoms with Crippen molar-refractivity contribution < 1.29 is 0 Å². The summed E-state index contributed by atoms with van der Waals surface area (Å²) in [4.78, 5) is 11.6. The fourth-order valence-electron chi connectivity index (χ4n) is 1.70. The van der Waals surface area contributed by atoms with Crippen molar-refractivity contribution in [3.8, 4) is 10.6 Å². The molecule has 0 bridgehead atoms. The van der Waals surface area contributed by atoms with Crippen LogP contribution in [-0.4, -0.2) is 26.8 Å². The lowest BCUT2D eigenvalue weighted by molar-refractivity contribution is 0.429. The Bertz CT molecular complexity index is 639. The minimum Gasteiger partial charge on any atom is -0.319 e. The summed E-state index contributed by atoms with van der Waals surface area (Å²) >= 11 is 1.54. The van der Waals surface area contributed by atoms with E-state index in [0.717, 1.165) is 28.5 Å². The van der Waals surface area contributed by atoms with Gasteiger partial charge < -0.3 is 9.88 Å². The highest BCUT2D eigenvalue weighted by molar-refractivity contribution is 7.14. The molecule has 0 aliphatic rings. The Morgan fingerprint density at radius 3 is 2.75 bits per heavy atom. The summed E-state index contributed by atoms with van der Waals surface area (Å²) in [6.45, 7) is 7.28. The lowest BCUT2D eigenvalue weighted by atomic mass is 10.1. The Labute approximate surface area is 122 Å². The Morgan fingerprint density at radius 2 is 2.10 bits per heavy atom. The number of pyridine rings is 1. The average molecular weight is 292 g/mol. The molecular formula is C14H20N4OS. The van der Waals surface area contributed by atoms with Crippen LogP contribution in [0.1, 0.15) is 25.8 Å². The van der Waals surface area contributed by atoms with E-state index in [-0.39, 0.29) is 11.1 Å². The average Bonchev–Trinajstić information content (AvgIpc) is 2.80. The number of hydrogen-bond acceptors (Lipinski definition) is 5. The molecule has 0 aromatic carbocycles. The molecule has 5 nitrogen and oxygen atoms in total. The van der Waals surface area contributed by atoms with E-state index < -0.39 is 0 Å². The molecule has 6 heteroatoms. The molecular weight excluding hydrogens is 272 g/mol. The molecule has 0 aliphatic heterocycles. The molecule has 2 aromatic heterocycles. The smallest absolute Gasteiger partial charge is 0.250 e. The lowest BCUT2D eigenvalue weighted by Crippen LogP contribution is -2.37.